The second-order valence-electron chi connectivity index (χ2n) is 9.84. The number of esters is 2. The van der Waals surface area contributed by atoms with Crippen molar-refractivity contribution < 1.29 is 19.1 Å². The molecule has 5 fully saturated rings. The van der Waals surface area contributed by atoms with E-state index in [1.165, 1.54) is 19.3 Å². The van der Waals surface area contributed by atoms with Gasteiger partial charge in [-0.1, -0.05) is 32.4 Å². The molecular weight excluding hydrogens is 354 g/mol. The molecule has 5 nitrogen and oxygen atoms in total. The van der Waals surface area contributed by atoms with Crippen LogP contribution in [0.3, 0.4) is 0 Å². The van der Waals surface area contributed by atoms with Crippen molar-refractivity contribution in [2.24, 2.45) is 35.5 Å². The lowest BCUT2D eigenvalue weighted by Crippen LogP contribution is -2.54. The summed E-state index contributed by atoms with van der Waals surface area (Å²) in [5.74, 6) is 1.52. The summed E-state index contributed by atoms with van der Waals surface area (Å²) in [5.41, 5.74) is 0. The fourth-order valence-corrected chi connectivity index (χ4v) is 7.34. The van der Waals surface area contributed by atoms with Gasteiger partial charge in [-0.2, -0.15) is 0 Å². The Morgan fingerprint density at radius 3 is 2.57 bits per heavy atom. The number of cyclic esters (lactones) is 1. The fraction of sp³-hybridized carbons (Fsp3) is 0.826. The van der Waals surface area contributed by atoms with E-state index in [1.807, 2.05) is 6.92 Å². The third-order valence-electron chi connectivity index (χ3n) is 8.45. The third-order valence-corrected chi connectivity index (χ3v) is 8.45. The van der Waals surface area contributed by atoms with Crippen LogP contribution in [0.4, 0.5) is 0 Å². The predicted octanol–water partition coefficient (Wildman–Crippen LogP) is 3.18. The summed E-state index contributed by atoms with van der Waals surface area (Å²) in [6.07, 6.45) is 9.99. The Balaban J connectivity index is 1.53. The maximum atomic E-state index is 12.5. The second-order valence-corrected chi connectivity index (χ2v) is 9.84. The van der Waals surface area contributed by atoms with Crippen molar-refractivity contribution in [1.29, 1.82) is 0 Å². The molecule has 10 atom stereocenters. The van der Waals surface area contributed by atoms with Gasteiger partial charge in [-0.25, -0.2) is 0 Å². The maximum absolute atomic E-state index is 12.5. The Morgan fingerprint density at radius 2 is 1.86 bits per heavy atom. The Hall–Kier alpha value is -1.36. The van der Waals surface area contributed by atoms with Gasteiger partial charge < -0.3 is 9.47 Å². The number of hydrogen-bond donors (Lipinski definition) is 0. The molecule has 1 aliphatic carbocycles. The van der Waals surface area contributed by atoms with E-state index in [0.29, 0.717) is 29.8 Å². The molecule has 154 valence electrons. The first-order valence-corrected chi connectivity index (χ1v) is 11.3. The highest BCUT2D eigenvalue weighted by molar-refractivity contribution is 5.75. The van der Waals surface area contributed by atoms with Crippen LogP contribution < -0.4 is 0 Å². The molecule has 5 heteroatoms. The van der Waals surface area contributed by atoms with E-state index in [-0.39, 0.29) is 41.9 Å². The molecule has 0 aromatic carbocycles. The number of rotatable bonds is 2. The Labute approximate surface area is 167 Å². The molecule has 0 amide bonds. The van der Waals surface area contributed by atoms with Crippen molar-refractivity contribution in [3.8, 4) is 0 Å². The van der Waals surface area contributed by atoms with Gasteiger partial charge in [-0.05, 0) is 51.0 Å². The summed E-state index contributed by atoms with van der Waals surface area (Å²) in [6, 6.07) is 0.791. The van der Waals surface area contributed by atoms with Gasteiger partial charge in [0.25, 0.3) is 0 Å². The smallest absolute Gasteiger partial charge is 0.309 e. The summed E-state index contributed by atoms with van der Waals surface area (Å²) in [6.45, 7) is 7.21. The van der Waals surface area contributed by atoms with Crippen LogP contribution in [0.15, 0.2) is 12.2 Å². The van der Waals surface area contributed by atoms with Gasteiger partial charge in [-0.15, -0.1) is 0 Å². The SMILES string of the molecule is C/C=C/[C@@H]1[C@H]2CCCCN3[C@H]2[C@H](C[C@H]3[C@@H]2C[C@H](C)C(=O)O2)[C@@H]2[C@H]1OC(=O)[C@H]2C. The highest BCUT2D eigenvalue weighted by Gasteiger charge is 2.63. The van der Waals surface area contributed by atoms with E-state index in [0.717, 1.165) is 19.4 Å². The van der Waals surface area contributed by atoms with Crippen LogP contribution in [0.2, 0.25) is 0 Å². The van der Waals surface area contributed by atoms with Crippen molar-refractivity contribution in [3.05, 3.63) is 12.2 Å². The molecule has 0 unspecified atom stereocenters. The normalized spacial score (nSPS) is 51.0. The van der Waals surface area contributed by atoms with E-state index in [2.05, 4.69) is 30.9 Å². The minimum atomic E-state index is -0.0383. The number of allylic oxidation sites excluding steroid dienone is 1. The van der Waals surface area contributed by atoms with Crippen LogP contribution in [0, 0.1) is 35.5 Å². The Kier molecular flexibility index (Phi) is 4.57. The average Bonchev–Trinajstić information content (AvgIpc) is 3.22. The van der Waals surface area contributed by atoms with Crippen molar-refractivity contribution in [2.45, 2.75) is 77.2 Å². The molecule has 4 aliphatic heterocycles. The monoisotopic (exact) mass is 387 g/mol. The van der Waals surface area contributed by atoms with E-state index in [1.54, 1.807) is 0 Å². The van der Waals surface area contributed by atoms with Gasteiger partial charge in [0.05, 0.1) is 11.8 Å². The van der Waals surface area contributed by atoms with Crippen molar-refractivity contribution in [2.75, 3.05) is 6.54 Å². The van der Waals surface area contributed by atoms with E-state index >= 15 is 0 Å². The first-order valence-electron chi connectivity index (χ1n) is 11.3. The summed E-state index contributed by atoms with van der Waals surface area (Å²) in [5, 5.41) is 0. The molecule has 0 aromatic rings. The van der Waals surface area contributed by atoms with Gasteiger partial charge >= 0.3 is 11.9 Å². The molecule has 1 saturated carbocycles. The van der Waals surface area contributed by atoms with Crippen LogP contribution in [0.25, 0.3) is 0 Å². The number of nitrogens with zero attached hydrogens (tertiary/aromatic N) is 1. The van der Waals surface area contributed by atoms with Gasteiger partial charge in [0.1, 0.15) is 12.2 Å². The van der Waals surface area contributed by atoms with Crippen LogP contribution in [0.1, 0.15) is 52.9 Å². The van der Waals surface area contributed by atoms with Crippen molar-refractivity contribution in [3.63, 3.8) is 0 Å². The quantitative estimate of drug-likeness (QED) is 0.538. The first-order chi connectivity index (χ1) is 13.5. The molecule has 0 radical (unpaired) electrons. The lowest BCUT2D eigenvalue weighted by atomic mass is 9.60. The lowest BCUT2D eigenvalue weighted by molar-refractivity contribution is -0.146. The lowest BCUT2D eigenvalue weighted by Gasteiger charge is -2.47. The molecule has 0 aromatic heterocycles. The predicted molar refractivity (Wildman–Crippen MR) is 104 cm³/mol. The third kappa shape index (κ3) is 2.61. The summed E-state index contributed by atoms with van der Waals surface area (Å²) in [4.78, 5) is 27.3. The molecule has 28 heavy (non-hydrogen) atoms. The van der Waals surface area contributed by atoms with Gasteiger partial charge in [-0.3, -0.25) is 14.5 Å². The molecule has 5 aliphatic rings. The maximum Gasteiger partial charge on any atom is 0.309 e. The number of ether oxygens (including phenoxy) is 2. The molecule has 0 N–H and O–H groups in total. The van der Waals surface area contributed by atoms with Crippen LogP contribution in [-0.2, 0) is 19.1 Å². The van der Waals surface area contributed by atoms with E-state index < -0.39 is 0 Å². The van der Waals surface area contributed by atoms with Crippen LogP contribution in [-0.4, -0.2) is 47.7 Å². The summed E-state index contributed by atoms with van der Waals surface area (Å²) >= 11 is 0. The molecule has 4 heterocycles. The molecule has 0 bridgehead atoms. The van der Waals surface area contributed by atoms with Crippen molar-refractivity contribution >= 4 is 11.9 Å². The highest BCUT2D eigenvalue weighted by Crippen LogP contribution is 2.57. The number of carbonyl (C=O) groups is 2. The Bertz CT molecular complexity index is 690. The average molecular weight is 388 g/mol. The number of hydrogen-bond acceptors (Lipinski definition) is 5. The molecule has 0 spiro atoms. The molecule has 4 saturated heterocycles. The standard InChI is InChI=1S/C23H33NO4/c1-4-7-15-14-8-5-6-9-24-17(18-10-12(2)22(25)27-18)11-16(20(14)24)19-13(3)23(26)28-21(15)19/h4,7,12-21H,5-6,8-11H2,1-3H3/b7-4+/t12-,13-,14+,15+,16+,17-,18-,19+,20+,21-/m0/s1. The minimum Gasteiger partial charge on any atom is -0.461 e. The number of carbonyl (C=O) groups excluding carboxylic acids is 2. The zero-order valence-electron chi connectivity index (χ0n) is 17.3. The largest absolute Gasteiger partial charge is 0.461 e. The number of fused-ring (bicyclic) bond motifs is 2. The Morgan fingerprint density at radius 1 is 1.04 bits per heavy atom. The van der Waals surface area contributed by atoms with Gasteiger partial charge in [0.15, 0.2) is 0 Å². The van der Waals surface area contributed by atoms with E-state index in [9.17, 15) is 9.59 Å². The van der Waals surface area contributed by atoms with E-state index in [4.69, 9.17) is 9.47 Å². The zero-order valence-corrected chi connectivity index (χ0v) is 17.3. The zero-order chi connectivity index (χ0) is 19.6. The highest BCUT2D eigenvalue weighted by atomic mass is 16.6. The minimum absolute atomic E-state index is 0.00856. The molecule has 5 rings (SSSR count). The summed E-state index contributed by atoms with van der Waals surface area (Å²) in [7, 11) is 0. The fourth-order valence-electron chi connectivity index (χ4n) is 7.34. The topological polar surface area (TPSA) is 55.8 Å². The van der Waals surface area contributed by atoms with Crippen molar-refractivity contribution in [1.82, 2.24) is 4.90 Å². The molecular formula is C23H33NO4. The van der Waals surface area contributed by atoms with Crippen LogP contribution >= 0.6 is 0 Å². The first kappa shape index (κ1) is 18.7. The van der Waals surface area contributed by atoms with Gasteiger partial charge in [0, 0.05) is 23.9 Å². The second kappa shape index (κ2) is 6.86. The van der Waals surface area contributed by atoms with Gasteiger partial charge in [0.2, 0.25) is 0 Å². The van der Waals surface area contributed by atoms with Crippen LogP contribution in [0.5, 0.6) is 0 Å². The summed E-state index contributed by atoms with van der Waals surface area (Å²) < 4.78 is 11.8.